The summed E-state index contributed by atoms with van der Waals surface area (Å²) in [5.41, 5.74) is 6.13. The average molecular weight is 176 g/mol. The van der Waals surface area contributed by atoms with Crippen LogP contribution in [0.4, 0.5) is 5.69 Å². The van der Waals surface area contributed by atoms with Gasteiger partial charge in [0.2, 0.25) is 0 Å². The Morgan fingerprint density at radius 1 is 1.69 bits per heavy atom. The first-order valence-corrected chi connectivity index (χ1v) is 3.55. The minimum absolute atomic E-state index is 0.0480. The van der Waals surface area contributed by atoms with Gasteiger partial charge in [-0.25, -0.2) is 4.79 Å². The number of anilines is 1. The number of ether oxygens (including phenoxy) is 1. The number of nitrogens with two attached hydrogens (primary N) is 1. The molecule has 0 radical (unpaired) electrons. The van der Waals surface area contributed by atoms with Crippen molar-refractivity contribution in [1.82, 2.24) is 4.98 Å². The van der Waals surface area contributed by atoms with Crippen LogP contribution in [0.1, 0.15) is 10.4 Å². The summed E-state index contributed by atoms with van der Waals surface area (Å²) in [6.45, 7) is -0.0480. The van der Waals surface area contributed by atoms with Crippen LogP contribution in [0, 0.1) is 12.3 Å². The molecule has 0 aliphatic heterocycles. The molecule has 1 aromatic rings. The Kier molecular flexibility index (Phi) is 2.87. The Bertz CT molecular complexity index is 355. The molecule has 0 saturated carbocycles. The van der Waals surface area contributed by atoms with Gasteiger partial charge in [0.25, 0.3) is 0 Å². The van der Waals surface area contributed by atoms with E-state index in [4.69, 9.17) is 12.2 Å². The number of aromatic nitrogens is 1. The highest BCUT2D eigenvalue weighted by Gasteiger charge is 2.06. The molecule has 66 valence electrons. The molecule has 0 aliphatic rings. The summed E-state index contributed by atoms with van der Waals surface area (Å²) in [6.07, 6.45) is 7.73. The quantitative estimate of drug-likeness (QED) is 0.525. The normalized spacial score (nSPS) is 8.85. The number of pyridine rings is 1. The first-order valence-electron chi connectivity index (χ1n) is 3.55. The van der Waals surface area contributed by atoms with E-state index in [1.165, 1.54) is 18.5 Å². The molecule has 0 aromatic carbocycles. The minimum Gasteiger partial charge on any atom is -0.449 e. The molecule has 0 spiro atoms. The van der Waals surface area contributed by atoms with Gasteiger partial charge in [0.05, 0.1) is 11.3 Å². The standard InChI is InChI=1S/C9H8N2O2/c1-2-3-13-9(12)7-4-8(10)6-11-5-7/h1,4-6H,3,10H2. The fraction of sp³-hybridized carbons (Fsp3) is 0.111. The fourth-order valence-electron chi connectivity index (χ4n) is 0.760. The Labute approximate surface area is 75.7 Å². The lowest BCUT2D eigenvalue weighted by Crippen LogP contribution is -2.06. The second-order valence-corrected chi connectivity index (χ2v) is 2.29. The van der Waals surface area contributed by atoms with Crippen molar-refractivity contribution < 1.29 is 9.53 Å². The van der Waals surface area contributed by atoms with E-state index in [2.05, 4.69) is 15.6 Å². The highest BCUT2D eigenvalue weighted by Crippen LogP contribution is 2.04. The van der Waals surface area contributed by atoms with Crippen molar-refractivity contribution in [2.45, 2.75) is 0 Å². The van der Waals surface area contributed by atoms with Crippen LogP contribution in [-0.2, 0) is 4.74 Å². The Hall–Kier alpha value is -2.02. The van der Waals surface area contributed by atoms with E-state index in [0.717, 1.165) is 0 Å². The number of hydrogen-bond acceptors (Lipinski definition) is 4. The molecule has 1 heterocycles. The molecule has 4 heteroatoms. The van der Waals surface area contributed by atoms with Crippen LogP contribution in [0.25, 0.3) is 0 Å². The summed E-state index contributed by atoms with van der Waals surface area (Å²) in [4.78, 5) is 14.9. The highest BCUT2D eigenvalue weighted by molar-refractivity contribution is 5.89. The zero-order chi connectivity index (χ0) is 9.68. The molecular formula is C9H8N2O2. The van der Waals surface area contributed by atoms with Crippen molar-refractivity contribution in [2.75, 3.05) is 12.3 Å². The van der Waals surface area contributed by atoms with Gasteiger partial charge in [-0.05, 0) is 6.07 Å². The third-order valence-electron chi connectivity index (χ3n) is 1.28. The number of hydrogen-bond donors (Lipinski definition) is 1. The highest BCUT2D eigenvalue weighted by atomic mass is 16.5. The van der Waals surface area contributed by atoms with Crippen molar-refractivity contribution in [3.63, 3.8) is 0 Å². The van der Waals surface area contributed by atoms with E-state index in [1.54, 1.807) is 0 Å². The van der Waals surface area contributed by atoms with Crippen molar-refractivity contribution in [3.05, 3.63) is 24.0 Å². The fourth-order valence-corrected chi connectivity index (χ4v) is 0.760. The Morgan fingerprint density at radius 2 is 2.46 bits per heavy atom. The number of carbonyl (C=O) groups excluding carboxylic acids is 1. The maximum Gasteiger partial charge on any atom is 0.340 e. The van der Waals surface area contributed by atoms with Crippen LogP contribution < -0.4 is 5.73 Å². The van der Waals surface area contributed by atoms with Gasteiger partial charge in [-0.1, -0.05) is 5.92 Å². The largest absolute Gasteiger partial charge is 0.449 e. The minimum atomic E-state index is -0.516. The number of esters is 1. The van der Waals surface area contributed by atoms with Gasteiger partial charge in [0.1, 0.15) is 0 Å². The number of nitrogens with zero attached hydrogens (tertiary/aromatic N) is 1. The Balaban J connectivity index is 2.72. The van der Waals surface area contributed by atoms with E-state index in [1.807, 2.05) is 0 Å². The predicted octanol–water partition coefficient (Wildman–Crippen LogP) is 0.454. The van der Waals surface area contributed by atoms with Gasteiger partial charge >= 0.3 is 5.97 Å². The molecule has 1 rings (SSSR count). The number of nitrogen functional groups attached to an aromatic ring is 1. The number of terminal acetylenes is 1. The van der Waals surface area contributed by atoms with E-state index in [-0.39, 0.29) is 6.61 Å². The third kappa shape index (κ3) is 2.49. The molecule has 1 aromatic heterocycles. The van der Waals surface area contributed by atoms with Crippen molar-refractivity contribution in [1.29, 1.82) is 0 Å². The summed E-state index contributed by atoms with van der Waals surface area (Å²) in [5, 5.41) is 0. The molecule has 0 aliphatic carbocycles. The summed E-state index contributed by atoms with van der Waals surface area (Å²) >= 11 is 0. The maximum atomic E-state index is 11.1. The lowest BCUT2D eigenvalue weighted by atomic mass is 10.3. The predicted molar refractivity (Wildman–Crippen MR) is 47.8 cm³/mol. The SMILES string of the molecule is C#CCOC(=O)c1cncc(N)c1. The van der Waals surface area contributed by atoms with E-state index in [0.29, 0.717) is 11.3 Å². The molecule has 0 saturated heterocycles. The monoisotopic (exact) mass is 176 g/mol. The molecule has 0 unspecified atom stereocenters. The summed E-state index contributed by atoms with van der Waals surface area (Å²) in [5.74, 6) is 1.67. The van der Waals surface area contributed by atoms with Gasteiger partial charge in [0, 0.05) is 12.4 Å². The molecule has 0 atom stereocenters. The smallest absolute Gasteiger partial charge is 0.340 e. The van der Waals surface area contributed by atoms with Crippen LogP contribution in [0.15, 0.2) is 18.5 Å². The van der Waals surface area contributed by atoms with Gasteiger partial charge in [0.15, 0.2) is 6.61 Å². The van der Waals surface area contributed by atoms with Crippen molar-refractivity contribution >= 4 is 11.7 Å². The van der Waals surface area contributed by atoms with Gasteiger partial charge in [-0.2, -0.15) is 0 Å². The lowest BCUT2D eigenvalue weighted by Gasteiger charge is -2.00. The zero-order valence-corrected chi connectivity index (χ0v) is 6.86. The van der Waals surface area contributed by atoms with Crippen molar-refractivity contribution in [3.8, 4) is 12.3 Å². The van der Waals surface area contributed by atoms with Crippen molar-refractivity contribution in [2.24, 2.45) is 0 Å². The van der Waals surface area contributed by atoms with Crippen LogP contribution in [0.3, 0.4) is 0 Å². The van der Waals surface area contributed by atoms with Crippen LogP contribution >= 0.6 is 0 Å². The Morgan fingerprint density at radius 3 is 3.08 bits per heavy atom. The molecule has 0 bridgehead atoms. The maximum absolute atomic E-state index is 11.1. The van der Waals surface area contributed by atoms with Gasteiger partial charge in [-0.3, -0.25) is 4.98 Å². The summed E-state index contributed by atoms with van der Waals surface area (Å²) in [6, 6.07) is 1.48. The molecular weight excluding hydrogens is 168 g/mol. The van der Waals surface area contributed by atoms with E-state index >= 15 is 0 Å². The zero-order valence-electron chi connectivity index (χ0n) is 6.86. The first kappa shape index (κ1) is 9.07. The first-order chi connectivity index (χ1) is 6.24. The molecule has 0 fully saturated rings. The van der Waals surface area contributed by atoms with Gasteiger partial charge < -0.3 is 10.5 Å². The van der Waals surface area contributed by atoms with Gasteiger partial charge in [-0.15, -0.1) is 6.42 Å². The summed E-state index contributed by atoms with van der Waals surface area (Å²) < 4.78 is 4.66. The van der Waals surface area contributed by atoms with Crippen LogP contribution in [0.5, 0.6) is 0 Å². The molecule has 4 nitrogen and oxygen atoms in total. The van der Waals surface area contributed by atoms with Crippen LogP contribution in [-0.4, -0.2) is 17.6 Å². The second kappa shape index (κ2) is 4.12. The lowest BCUT2D eigenvalue weighted by molar-refractivity contribution is 0.0556. The van der Waals surface area contributed by atoms with E-state index < -0.39 is 5.97 Å². The topological polar surface area (TPSA) is 65.2 Å². The van der Waals surface area contributed by atoms with Crippen LogP contribution in [0.2, 0.25) is 0 Å². The molecule has 2 N–H and O–H groups in total. The molecule has 0 amide bonds. The number of carbonyl (C=O) groups is 1. The second-order valence-electron chi connectivity index (χ2n) is 2.29. The average Bonchev–Trinajstić information content (AvgIpc) is 2.14. The third-order valence-corrected chi connectivity index (χ3v) is 1.28. The number of rotatable bonds is 2. The van der Waals surface area contributed by atoms with E-state index in [9.17, 15) is 4.79 Å². The molecule has 13 heavy (non-hydrogen) atoms. The summed E-state index contributed by atoms with van der Waals surface area (Å²) in [7, 11) is 0.